The number of hydrogen-bond donors (Lipinski definition) is 2. The molecule has 1 heterocycles. The van der Waals surface area contributed by atoms with Crippen LogP contribution in [0.2, 0.25) is 0 Å². The lowest BCUT2D eigenvalue weighted by atomic mass is 9.98. The van der Waals surface area contributed by atoms with E-state index in [9.17, 15) is 13.2 Å². The number of fused-ring (bicyclic) bond motifs is 1. The third kappa shape index (κ3) is 5.28. The summed E-state index contributed by atoms with van der Waals surface area (Å²) in [6.45, 7) is 4.45. The van der Waals surface area contributed by atoms with E-state index in [-0.39, 0.29) is 23.4 Å². The summed E-state index contributed by atoms with van der Waals surface area (Å²) in [5.74, 6) is 2.01. The molecule has 0 spiro atoms. The number of nitrogens with one attached hydrogen (secondary N) is 2. The molecule has 7 heteroatoms. The summed E-state index contributed by atoms with van der Waals surface area (Å²) in [5, 5.41) is 2.99. The third-order valence-corrected chi connectivity index (χ3v) is 6.85. The minimum absolute atomic E-state index is 0.0766. The number of carbonyl (C=O) groups is 1. The van der Waals surface area contributed by atoms with Gasteiger partial charge in [-0.05, 0) is 48.2 Å². The Morgan fingerprint density at radius 2 is 1.87 bits per heavy atom. The van der Waals surface area contributed by atoms with Gasteiger partial charge < -0.3 is 5.32 Å². The van der Waals surface area contributed by atoms with Crippen molar-refractivity contribution < 1.29 is 13.2 Å². The Morgan fingerprint density at radius 1 is 1.17 bits per heavy atom. The molecular formula is C23H27N3O3S. The van der Waals surface area contributed by atoms with Gasteiger partial charge in [0.25, 0.3) is 5.91 Å². The van der Waals surface area contributed by atoms with Crippen LogP contribution in [0.15, 0.2) is 53.4 Å². The molecule has 2 N–H and O–H groups in total. The van der Waals surface area contributed by atoms with Crippen LogP contribution in [0.3, 0.4) is 0 Å². The highest BCUT2D eigenvalue weighted by molar-refractivity contribution is 7.89. The van der Waals surface area contributed by atoms with Gasteiger partial charge in [0.15, 0.2) is 0 Å². The number of benzene rings is 2. The Morgan fingerprint density at radius 3 is 2.53 bits per heavy atom. The summed E-state index contributed by atoms with van der Waals surface area (Å²) < 4.78 is 26.4. The summed E-state index contributed by atoms with van der Waals surface area (Å²) in [5.41, 5.74) is 3.17. The van der Waals surface area contributed by atoms with Crippen LogP contribution in [0.1, 0.15) is 34.8 Å². The van der Waals surface area contributed by atoms with E-state index in [1.165, 1.54) is 35.4 Å². The smallest absolute Gasteiger partial charge is 0.251 e. The van der Waals surface area contributed by atoms with E-state index < -0.39 is 10.0 Å². The van der Waals surface area contributed by atoms with Gasteiger partial charge >= 0.3 is 0 Å². The van der Waals surface area contributed by atoms with Crippen LogP contribution >= 0.6 is 0 Å². The number of rotatable bonds is 8. The molecule has 0 fully saturated rings. The molecule has 0 aromatic heterocycles. The van der Waals surface area contributed by atoms with Crippen molar-refractivity contribution in [3.63, 3.8) is 0 Å². The normalized spacial score (nSPS) is 15.1. The molecule has 0 aliphatic carbocycles. The molecule has 6 nitrogen and oxygen atoms in total. The van der Waals surface area contributed by atoms with Crippen molar-refractivity contribution in [3.05, 3.63) is 65.2 Å². The molecule has 2 aromatic rings. The zero-order valence-corrected chi connectivity index (χ0v) is 17.9. The van der Waals surface area contributed by atoms with E-state index in [4.69, 9.17) is 6.42 Å². The summed E-state index contributed by atoms with van der Waals surface area (Å²) >= 11 is 0. The first-order valence-electron chi connectivity index (χ1n) is 10.1. The predicted octanol–water partition coefficient (Wildman–Crippen LogP) is 2.16. The molecule has 30 heavy (non-hydrogen) atoms. The zero-order chi connectivity index (χ0) is 21.6. The van der Waals surface area contributed by atoms with E-state index in [1.807, 2.05) is 0 Å². The second kappa shape index (κ2) is 9.90. The first-order valence-corrected chi connectivity index (χ1v) is 11.5. The van der Waals surface area contributed by atoms with Crippen molar-refractivity contribution in [2.45, 2.75) is 37.2 Å². The van der Waals surface area contributed by atoms with E-state index in [0.717, 1.165) is 25.9 Å². The van der Waals surface area contributed by atoms with Gasteiger partial charge in [0.2, 0.25) is 10.0 Å². The van der Waals surface area contributed by atoms with Gasteiger partial charge in [-0.3, -0.25) is 9.69 Å². The Hall–Kier alpha value is -2.66. The van der Waals surface area contributed by atoms with Crippen LogP contribution in [0, 0.1) is 12.3 Å². The summed E-state index contributed by atoms with van der Waals surface area (Å²) in [7, 11) is -3.66. The average Bonchev–Trinajstić information content (AvgIpc) is 2.78. The number of terminal acetylenes is 1. The lowest BCUT2D eigenvalue weighted by molar-refractivity contribution is 0.0926. The van der Waals surface area contributed by atoms with Crippen molar-refractivity contribution in [1.29, 1.82) is 0 Å². The van der Waals surface area contributed by atoms with Gasteiger partial charge in [-0.15, -0.1) is 6.42 Å². The third-order valence-electron chi connectivity index (χ3n) is 5.44. The van der Waals surface area contributed by atoms with Crippen molar-refractivity contribution >= 4 is 15.9 Å². The van der Waals surface area contributed by atoms with E-state index in [2.05, 4.69) is 52.0 Å². The van der Waals surface area contributed by atoms with Gasteiger partial charge in [-0.1, -0.05) is 37.1 Å². The fraction of sp³-hybridized carbons (Fsp3) is 0.348. The lowest BCUT2D eigenvalue weighted by Crippen LogP contribution is -2.45. The van der Waals surface area contributed by atoms with E-state index in [0.29, 0.717) is 12.1 Å². The predicted molar refractivity (Wildman–Crippen MR) is 117 cm³/mol. The molecule has 1 aliphatic heterocycles. The maximum atomic E-state index is 12.6. The zero-order valence-electron chi connectivity index (χ0n) is 17.1. The largest absolute Gasteiger partial charge is 0.350 e. The number of amides is 1. The molecule has 1 unspecified atom stereocenters. The Balaban J connectivity index is 1.58. The maximum absolute atomic E-state index is 12.6. The monoisotopic (exact) mass is 425 g/mol. The van der Waals surface area contributed by atoms with Gasteiger partial charge in [0, 0.05) is 31.2 Å². The second-order valence-corrected chi connectivity index (χ2v) is 9.08. The van der Waals surface area contributed by atoms with Crippen LogP contribution in [0.25, 0.3) is 0 Å². The van der Waals surface area contributed by atoms with Crippen LogP contribution < -0.4 is 10.0 Å². The molecular weight excluding hydrogens is 398 g/mol. The number of nitrogens with zero attached hydrogens (tertiary/aromatic N) is 1. The SMILES string of the molecule is C#CCNS(=O)(=O)c1ccc(C(=O)NCC(CC)N2CCc3ccccc3C2)cc1. The Labute approximate surface area is 178 Å². The molecule has 2 aromatic carbocycles. The van der Waals surface area contributed by atoms with E-state index in [1.54, 1.807) is 0 Å². The first kappa shape index (κ1) is 22.0. The van der Waals surface area contributed by atoms with Crippen LogP contribution in [-0.2, 0) is 23.0 Å². The van der Waals surface area contributed by atoms with Gasteiger partial charge in [0.1, 0.15) is 0 Å². The highest BCUT2D eigenvalue weighted by Crippen LogP contribution is 2.21. The quantitative estimate of drug-likeness (QED) is 0.636. The number of hydrogen-bond acceptors (Lipinski definition) is 4. The van der Waals surface area contributed by atoms with Crippen LogP contribution in [0.4, 0.5) is 0 Å². The fourth-order valence-electron chi connectivity index (χ4n) is 3.68. The molecule has 0 radical (unpaired) electrons. The highest BCUT2D eigenvalue weighted by Gasteiger charge is 2.23. The van der Waals surface area contributed by atoms with Crippen molar-refractivity contribution in [2.75, 3.05) is 19.6 Å². The first-order chi connectivity index (χ1) is 14.4. The molecule has 1 atom stereocenters. The Kier molecular flexibility index (Phi) is 7.27. The summed E-state index contributed by atoms with van der Waals surface area (Å²) in [6, 6.07) is 14.6. The highest BCUT2D eigenvalue weighted by atomic mass is 32.2. The van der Waals surface area contributed by atoms with Crippen molar-refractivity contribution in [1.82, 2.24) is 14.9 Å². The maximum Gasteiger partial charge on any atom is 0.251 e. The standard InChI is InChI=1S/C23H27N3O3S/c1-3-14-25-30(28,29)22-11-9-19(10-12-22)23(27)24-16-21(4-2)26-15-13-18-7-5-6-8-20(18)17-26/h1,5-12,21,25H,4,13-17H2,2H3,(H,24,27). The molecule has 1 amide bonds. The van der Waals surface area contributed by atoms with Gasteiger partial charge in [-0.2, -0.15) is 4.72 Å². The lowest BCUT2D eigenvalue weighted by Gasteiger charge is -2.35. The minimum Gasteiger partial charge on any atom is -0.350 e. The van der Waals surface area contributed by atoms with Crippen molar-refractivity contribution in [3.8, 4) is 12.3 Å². The molecule has 1 aliphatic rings. The van der Waals surface area contributed by atoms with Crippen LogP contribution in [0.5, 0.6) is 0 Å². The summed E-state index contributed by atoms with van der Waals surface area (Å²) in [6.07, 6.45) is 7.04. The molecule has 0 saturated heterocycles. The molecule has 3 rings (SSSR count). The van der Waals surface area contributed by atoms with Gasteiger partial charge in [0.05, 0.1) is 11.4 Å². The minimum atomic E-state index is -3.66. The second-order valence-electron chi connectivity index (χ2n) is 7.31. The van der Waals surface area contributed by atoms with E-state index >= 15 is 0 Å². The van der Waals surface area contributed by atoms with Crippen LogP contribution in [-0.4, -0.2) is 44.9 Å². The molecule has 0 bridgehead atoms. The topological polar surface area (TPSA) is 78.5 Å². The van der Waals surface area contributed by atoms with Crippen molar-refractivity contribution in [2.24, 2.45) is 0 Å². The fourth-order valence-corrected chi connectivity index (χ4v) is 4.61. The number of sulfonamides is 1. The van der Waals surface area contributed by atoms with Gasteiger partial charge in [-0.25, -0.2) is 8.42 Å². The average molecular weight is 426 g/mol. The Bertz CT molecular complexity index is 1030. The molecule has 158 valence electrons. The number of carbonyl (C=O) groups excluding carboxylic acids is 1. The summed E-state index contributed by atoms with van der Waals surface area (Å²) in [4.78, 5) is 15.0. The molecule has 0 saturated carbocycles.